The molecule has 0 bridgehead atoms. The summed E-state index contributed by atoms with van der Waals surface area (Å²) in [4.78, 5) is 23.6. The molecule has 0 spiro atoms. The van der Waals surface area contributed by atoms with Crippen molar-refractivity contribution in [3.63, 3.8) is 0 Å². The summed E-state index contributed by atoms with van der Waals surface area (Å²) in [5, 5.41) is 2.68. The maximum Gasteiger partial charge on any atom is 0.263 e. The Morgan fingerprint density at radius 1 is 1.04 bits per heavy atom. The fourth-order valence-corrected chi connectivity index (χ4v) is 3.13. The first-order valence-corrected chi connectivity index (χ1v) is 9.16. The Hall–Kier alpha value is -3.53. The van der Waals surface area contributed by atoms with E-state index >= 15 is 0 Å². The molecule has 3 rings (SSSR count). The molecular weight excluding hydrogens is 370 g/mol. The molecule has 1 amide bonds. The van der Waals surface area contributed by atoms with Gasteiger partial charge in [0.2, 0.25) is 5.88 Å². The molecular formula is C17H15N5O4S. The molecule has 0 aliphatic rings. The van der Waals surface area contributed by atoms with Gasteiger partial charge in [-0.25, -0.2) is 18.4 Å². The molecule has 0 aliphatic heterocycles. The molecule has 27 heavy (non-hydrogen) atoms. The van der Waals surface area contributed by atoms with Crippen LogP contribution in [0.2, 0.25) is 0 Å². The van der Waals surface area contributed by atoms with Gasteiger partial charge < -0.3 is 10.1 Å². The number of hydrogen-bond donors (Lipinski definition) is 2. The van der Waals surface area contributed by atoms with Crippen LogP contribution in [0.15, 0.2) is 66.1 Å². The normalized spacial score (nSPS) is 10.9. The van der Waals surface area contributed by atoms with Crippen molar-refractivity contribution < 1.29 is 17.9 Å². The smallest absolute Gasteiger partial charge is 0.263 e. The van der Waals surface area contributed by atoms with Crippen molar-refractivity contribution >= 4 is 27.4 Å². The van der Waals surface area contributed by atoms with Crippen molar-refractivity contribution in [2.45, 2.75) is 4.90 Å². The van der Waals surface area contributed by atoms with E-state index in [1.165, 1.54) is 56.2 Å². The fraction of sp³-hybridized carbons (Fsp3) is 0.0588. The molecule has 2 heterocycles. The average Bonchev–Trinajstić information content (AvgIpc) is 2.69. The number of methoxy groups -OCH3 is 1. The van der Waals surface area contributed by atoms with Gasteiger partial charge in [0.1, 0.15) is 12.1 Å². The van der Waals surface area contributed by atoms with Crippen LogP contribution in [0, 0.1) is 0 Å². The van der Waals surface area contributed by atoms with Gasteiger partial charge in [-0.2, -0.15) is 0 Å². The third-order valence-electron chi connectivity index (χ3n) is 3.46. The molecule has 9 nitrogen and oxygen atoms in total. The molecule has 0 atom stereocenters. The Bertz CT molecular complexity index is 1040. The van der Waals surface area contributed by atoms with Crippen LogP contribution >= 0.6 is 0 Å². The summed E-state index contributed by atoms with van der Waals surface area (Å²) in [7, 11) is -2.44. The lowest BCUT2D eigenvalue weighted by molar-refractivity contribution is 0.102. The average molecular weight is 385 g/mol. The highest BCUT2D eigenvalue weighted by Gasteiger charge is 2.16. The minimum absolute atomic E-state index is 0.0157. The number of carbonyl (C=O) groups is 1. The number of amides is 1. The van der Waals surface area contributed by atoms with E-state index in [9.17, 15) is 13.2 Å². The predicted molar refractivity (Wildman–Crippen MR) is 98.0 cm³/mol. The van der Waals surface area contributed by atoms with Gasteiger partial charge in [-0.3, -0.25) is 14.5 Å². The van der Waals surface area contributed by atoms with Gasteiger partial charge in [0.05, 0.1) is 12.0 Å². The van der Waals surface area contributed by atoms with E-state index in [-0.39, 0.29) is 22.5 Å². The summed E-state index contributed by atoms with van der Waals surface area (Å²) in [5.74, 6) is -0.00648. The summed E-state index contributed by atoms with van der Waals surface area (Å²) in [6.07, 6.45) is 4.21. The summed E-state index contributed by atoms with van der Waals surface area (Å²) in [5.41, 5.74) is 0.903. The number of rotatable bonds is 6. The molecule has 1 aromatic carbocycles. The first kappa shape index (κ1) is 18.3. The first-order valence-electron chi connectivity index (χ1n) is 7.68. The largest absolute Gasteiger partial charge is 0.481 e. The maximum atomic E-state index is 12.4. The van der Waals surface area contributed by atoms with Crippen LogP contribution in [0.5, 0.6) is 5.88 Å². The lowest BCUT2D eigenvalue weighted by atomic mass is 10.2. The number of hydrogen-bond acceptors (Lipinski definition) is 7. The number of aromatic nitrogens is 3. The number of pyridine rings is 1. The van der Waals surface area contributed by atoms with Gasteiger partial charge in [0, 0.05) is 29.7 Å². The minimum Gasteiger partial charge on any atom is -0.481 e. The molecule has 0 unspecified atom stereocenters. The number of nitrogens with zero attached hydrogens (tertiary/aromatic N) is 3. The third-order valence-corrected chi connectivity index (χ3v) is 4.83. The Labute approximate surface area is 155 Å². The van der Waals surface area contributed by atoms with Crippen LogP contribution < -0.4 is 14.8 Å². The van der Waals surface area contributed by atoms with Crippen LogP contribution in [-0.4, -0.2) is 36.4 Å². The number of benzene rings is 1. The van der Waals surface area contributed by atoms with Crippen LogP contribution in [0.4, 0.5) is 11.5 Å². The Kier molecular flexibility index (Phi) is 5.27. The molecule has 0 radical (unpaired) electrons. The van der Waals surface area contributed by atoms with E-state index in [1.807, 2.05) is 0 Å². The lowest BCUT2D eigenvalue weighted by Gasteiger charge is -2.09. The number of sulfonamides is 1. The highest BCUT2D eigenvalue weighted by molar-refractivity contribution is 7.92. The van der Waals surface area contributed by atoms with Crippen molar-refractivity contribution in [2.24, 2.45) is 0 Å². The van der Waals surface area contributed by atoms with E-state index in [4.69, 9.17) is 4.74 Å². The van der Waals surface area contributed by atoms with Crippen molar-refractivity contribution in [3.05, 3.63) is 66.7 Å². The lowest BCUT2D eigenvalue weighted by Crippen LogP contribution is -2.15. The second-order valence-electron chi connectivity index (χ2n) is 5.27. The van der Waals surface area contributed by atoms with E-state index in [2.05, 4.69) is 25.0 Å². The van der Waals surface area contributed by atoms with Crippen molar-refractivity contribution in [2.75, 3.05) is 17.1 Å². The quantitative estimate of drug-likeness (QED) is 0.664. The van der Waals surface area contributed by atoms with E-state index in [0.717, 1.165) is 0 Å². The number of ether oxygens (including phenoxy) is 1. The van der Waals surface area contributed by atoms with Gasteiger partial charge in [-0.1, -0.05) is 0 Å². The SMILES string of the molecule is COc1cc(NS(=O)(=O)c2ccc(NC(=O)c3ccncc3)cc2)ncn1. The molecule has 0 fully saturated rings. The van der Waals surface area contributed by atoms with Crippen LogP contribution in [0.25, 0.3) is 0 Å². The fourth-order valence-electron chi connectivity index (χ4n) is 2.13. The highest BCUT2D eigenvalue weighted by atomic mass is 32.2. The first-order chi connectivity index (χ1) is 13.0. The van der Waals surface area contributed by atoms with E-state index in [0.29, 0.717) is 11.3 Å². The molecule has 0 saturated carbocycles. The zero-order valence-electron chi connectivity index (χ0n) is 14.2. The zero-order chi connectivity index (χ0) is 19.3. The number of anilines is 2. The van der Waals surface area contributed by atoms with Crippen LogP contribution in [0.3, 0.4) is 0 Å². The second-order valence-corrected chi connectivity index (χ2v) is 6.95. The molecule has 3 aromatic rings. The van der Waals surface area contributed by atoms with Gasteiger partial charge in [-0.05, 0) is 36.4 Å². The molecule has 0 aliphatic carbocycles. The van der Waals surface area contributed by atoms with Gasteiger partial charge >= 0.3 is 0 Å². The Morgan fingerprint density at radius 2 is 1.74 bits per heavy atom. The second kappa shape index (κ2) is 7.79. The van der Waals surface area contributed by atoms with Crippen LogP contribution in [0.1, 0.15) is 10.4 Å². The van der Waals surface area contributed by atoms with E-state index < -0.39 is 10.0 Å². The van der Waals surface area contributed by atoms with E-state index in [1.54, 1.807) is 12.1 Å². The zero-order valence-corrected chi connectivity index (χ0v) is 15.0. The number of carbonyl (C=O) groups excluding carboxylic acids is 1. The van der Waals surface area contributed by atoms with Crippen molar-refractivity contribution in [1.82, 2.24) is 15.0 Å². The van der Waals surface area contributed by atoms with Gasteiger partial charge in [-0.15, -0.1) is 0 Å². The number of nitrogens with one attached hydrogen (secondary N) is 2. The van der Waals surface area contributed by atoms with Gasteiger partial charge in [0.25, 0.3) is 15.9 Å². The monoisotopic (exact) mass is 385 g/mol. The third kappa shape index (κ3) is 4.55. The summed E-state index contributed by atoms with van der Waals surface area (Å²) >= 11 is 0. The van der Waals surface area contributed by atoms with Crippen molar-refractivity contribution in [3.8, 4) is 5.88 Å². The van der Waals surface area contributed by atoms with Crippen molar-refractivity contribution in [1.29, 1.82) is 0 Å². The summed E-state index contributed by atoms with van der Waals surface area (Å²) in [6.45, 7) is 0. The predicted octanol–water partition coefficient (Wildman–Crippen LogP) is 1.93. The van der Waals surface area contributed by atoms with Crippen LogP contribution in [-0.2, 0) is 10.0 Å². The maximum absolute atomic E-state index is 12.4. The Morgan fingerprint density at radius 3 is 2.41 bits per heavy atom. The molecule has 2 aromatic heterocycles. The Balaban J connectivity index is 1.73. The molecule has 2 N–H and O–H groups in total. The molecule has 138 valence electrons. The topological polar surface area (TPSA) is 123 Å². The standard InChI is InChI=1S/C17H15N5O4S/c1-26-16-10-15(19-11-20-16)22-27(24,25)14-4-2-13(3-5-14)21-17(23)12-6-8-18-9-7-12/h2-11H,1H3,(H,21,23)(H,19,20,22). The minimum atomic E-state index is -3.85. The molecule has 0 saturated heterocycles. The summed E-state index contributed by atoms with van der Waals surface area (Å²) in [6, 6.07) is 10.3. The summed E-state index contributed by atoms with van der Waals surface area (Å²) < 4.78 is 32.2. The molecule has 10 heteroatoms. The van der Waals surface area contributed by atoms with Gasteiger partial charge in [0.15, 0.2) is 0 Å². The highest BCUT2D eigenvalue weighted by Crippen LogP contribution is 2.19.